The smallest absolute Gasteiger partial charge is 0.243 e. The van der Waals surface area contributed by atoms with Crippen LogP contribution < -0.4 is 9.62 Å². The first kappa shape index (κ1) is 19.7. The van der Waals surface area contributed by atoms with Gasteiger partial charge in [0.05, 0.1) is 18.0 Å². The van der Waals surface area contributed by atoms with E-state index in [2.05, 4.69) is 5.32 Å². The van der Waals surface area contributed by atoms with E-state index in [4.69, 9.17) is 4.74 Å². The van der Waals surface area contributed by atoms with Crippen molar-refractivity contribution in [3.63, 3.8) is 0 Å². The van der Waals surface area contributed by atoms with Crippen LogP contribution in [0.2, 0.25) is 0 Å². The number of sulfonamides is 1. The van der Waals surface area contributed by atoms with Gasteiger partial charge in [-0.3, -0.25) is 9.10 Å². The maximum Gasteiger partial charge on any atom is 0.243 e. The lowest BCUT2D eigenvalue weighted by molar-refractivity contribution is -0.122. The summed E-state index contributed by atoms with van der Waals surface area (Å²) in [7, 11) is -3.60. The summed E-state index contributed by atoms with van der Waals surface area (Å²) in [4.78, 5) is 12.7. The Morgan fingerprint density at radius 1 is 1.36 bits per heavy atom. The number of anilines is 1. The monoisotopic (exact) mass is 368 g/mol. The predicted molar refractivity (Wildman–Crippen MR) is 99.3 cm³/mol. The van der Waals surface area contributed by atoms with Crippen LogP contribution in [-0.4, -0.2) is 45.9 Å². The number of hydrogen-bond donors (Lipinski definition) is 1. The van der Waals surface area contributed by atoms with Crippen molar-refractivity contribution in [3.05, 3.63) is 29.3 Å². The van der Waals surface area contributed by atoms with Gasteiger partial charge in [-0.25, -0.2) is 8.42 Å². The lowest BCUT2D eigenvalue weighted by Crippen LogP contribution is -2.50. The Kier molecular flexibility index (Phi) is 6.46. The predicted octanol–water partition coefficient (Wildman–Crippen LogP) is 2.14. The highest BCUT2D eigenvalue weighted by molar-refractivity contribution is 7.92. The summed E-state index contributed by atoms with van der Waals surface area (Å²) >= 11 is 0. The van der Waals surface area contributed by atoms with E-state index in [1.165, 1.54) is 4.31 Å². The summed E-state index contributed by atoms with van der Waals surface area (Å²) in [6.45, 7) is 6.85. The van der Waals surface area contributed by atoms with E-state index in [1.807, 2.05) is 32.9 Å². The molecule has 1 N–H and O–H groups in total. The number of amides is 1. The zero-order valence-corrected chi connectivity index (χ0v) is 16.2. The summed E-state index contributed by atoms with van der Waals surface area (Å²) in [6.07, 6.45) is 3.46. The molecule has 1 aromatic rings. The van der Waals surface area contributed by atoms with Crippen molar-refractivity contribution in [3.8, 4) is 0 Å². The molecule has 6 nitrogen and oxygen atoms in total. The minimum Gasteiger partial charge on any atom is -0.376 e. The molecule has 0 bridgehead atoms. The fraction of sp³-hybridized carbons (Fsp3) is 0.611. The third-order valence-electron chi connectivity index (χ3n) is 4.60. The van der Waals surface area contributed by atoms with Crippen molar-refractivity contribution in [1.82, 2.24) is 5.32 Å². The molecule has 2 atom stereocenters. The minimum absolute atomic E-state index is 0.0229. The van der Waals surface area contributed by atoms with E-state index in [1.54, 1.807) is 6.07 Å². The van der Waals surface area contributed by atoms with Gasteiger partial charge in [0, 0.05) is 13.2 Å². The van der Waals surface area contributed by atoms with Crippen molar-refractivity contribution in [1.29, 1.82) is 0 Å². The average Bonchev–Trinajstić information content (AvgIpc) is 3.05. The molecule has 140 valence electrons. The normalized spacial score (nSPS) is 18.8. The maximum absolute atomic E-state index is 12.7. The van der Waals surface area contributed by atoms with Gasteiger partial charge in [0.2, 0.25) is 15.9 Å². The summed E-state index contributed by atoms with van der Waals surface area (Å²) in [5.74, 6) is -0.290. The second kappa shape index (κ2) is 8.19. The van der Waals surface area contributed by atoms with Crippen molar-refractivity contribution in [2.75, 3.05) is 23.7 Å². The van der Waals surface area contributed by atoms with Crippen LogP contribution in [0.4, 0.5) is 5.69 Å². The lowest BCUT2D eigenvalue weighted by Gasteiger charge is -2.30. The fourth-order valence-corrected chi connectivity index (χ4v) is 4.26. The number of carbonyl (C=O) groups excluding carboxylic acids is 1. The van der Waals surface area contributed by atoms with E-state index in [0.717, 1.165) is 36.8 Å². The van der Waals surface area contributed by atoms with E-state index < -0.39 is 16.1 Å². The third kappa shape index (κ3) is 4.95. The van der Waals surface area contributed by atoms with Crippen LogP contribution in [0, 0.1) is 13.8 Å². The van der Waals surface area contributed by atoms with Crippen LogP contribution in [0.25, 0.3) is 0 Å². The fourth-order valence-electron chi connectivity index (χ4n) is 3.06. The first-order valence-electron chi connectivity index (χ1n) is 8.70. The average molecular weight is 368 g/mol. The summed E-state index contributed by atoms with van der Waals surface area (Å²) in [5, 5.41) is 2.85. The Balaban J connectivity index is 2.24. The van der Waals surface area contributed by atoms with E-state index in [9.17, 15) is 13.2 Å². The third-order valence-corrected chi connectivity index (χ3v) is 5.78. The van der Waals surface area contributed by atoms with Gasteiger partial charge in [-0.05, 0) is 56.4 Å². The Morgan fingerprint density at radius 2 is 2.08 bits per heavy atom. The van der Waals surface area contributed by atoms with Gasteiger partial charge in [0.15, 0.2) is 0 Å². The molecule has 1 aromatic carbocycles. The molecule has 1 aliphatic heterocycles. The van der Waals surface area contributed by atoms with Gasteiger partial charge >= 0.3 is 0 Å². The first-order valence-corrected chi connectivity index (χ1v) is 10.5. The Bertz CT molecular complexity index is 712. The number of nitrogens with zero attached hydrogens (tertiary/aromatic N) is 1. The molecule has 7 heteroatoms. The van der Waals surface area contributed by atoms with E-state index in [0.29, 0.717) is 18.7 Å². The summed E-state index contributed by atoms with van der Waals surface area (Å²) < 4.78 is 31.6. The number of benzene rings is 1. The summed E-state index contributed by atoms with van der Waals surface area (Å²) in [6, 6.07) is 4.66. The number of hydrogen-bond acceptors (Lipinski definition) is 4. The van der Waals surface area contributed by atoms with Crippen molar-refractivity contribution >= 4 is 21.6 Å². The minimum atomic E-state index is -3.60. The SMILES string of the molecule is CCC(C(=O)NCC1CCCO1)N(c1ccc(C)c(C)c1)S(C)(=O)=O. The molecule has 0 spiro atoms. The second-order valence-electron chi connectivity index (χ2n) is 6.63. The highest BCUT2D eigenvalue weighted by Gasteiger charge is 2.32. The molecule has 2 unspecified atom stereocenters. The van der Waals surface area contributed by atoms with Crippen LogP contribution in [0.1, 0.15) is 37.3 Å². The van der Waals surface area contributed by atoms with Crippen molar-refractivity contribution in [2.45, 2.75) is 52.2 Å². The largest absolute Gasteiger partial charge is 0.376 e. The Labute approximate surface area is 150 Å². The molecular weight excluding hydrogens is 340 g/mol. The van der Waals surface area contributed by atoms with Gasteiger partial charge in [-0.2, -0.15) is 0 Å². The van der Waals surface area contributed by atoms with Gasteiger partial charge in [-0.15, -0.1) is 0 Å². The zero-order valence-electron chi connectivity index (χ0n) is 15.4. The van der Waals surface area contributed by atoms with Gasteiger partial charge in [-0.1, -0.05) is 13.0 Å². The quantitative estimate of drug-likeness (QED) is 0.800. The number of aryl methyl sites for hydroxylation is 2. The molecular formula is C18H28N2O4S. The van der Waals surface area contributed by atoms with Gasteiger partial charge < -0.3 is 10.1 Å². The van der Waals surface area contributed by atoms with Crippen LogP contribution >= 0.6 is 0 Å². The molecule has 25 heavy (non-hydrogen) atoms. The molecule has 1 saturated heterocycles. The molecule has 1 aliphatic rings. The van der Waals surface area contributed by atoms with Crippen LogP contribution in [0.3, 0.4) is 0 Å². The number of ether oxygens (including phenoxy) is 1. The van der Waals surface area contributed by atoms with Crippen LogP contribution in [-0.2, 0) is 19.6 Å². The molecule has 1 heterocycles. The number of rotatable bonds is 7. The highest BCUT2D eigenvalue weighted by atomic mass is 32.2. The van der Waals surface area contributed by atoms with Crippen LogP contribution in [0.15, 0.2) is 18.2 Å². The maximum atomic E-state index is 12.7. The Morgan fingerprint density at radius 3 is 2.60 bits per heavy atom. The first-order chi connectivity index (χ1) is 11.7. The summed E-state index contributed by atoms with van der Waals surface area (Å²) in [5.41, 5.74) is 2.58. The van der Waals surface area contributed by atoms with Gasteiger partial charge in [0.1, 0.15) is 6.04 Å². The molecule has 0 aliphatic carbocycles. The molecule has 0 radical (unpaired) electrons. The standard InChI is InChI=1S/C18H28N2O4S/c1-5-17(18(21)19-12-16-7-6-10-24-16)20(25(4,22)23)15-9-8-13(2)14(3)11-15/h8-9,11,16-17H,5-7,10,12H2,1-4H3,(H,19,21). The second-order valence-corrected chi connectivity index (χ2v) is 8.49. The topological polar surface area (TPSA) is 75.7 Å². The number of nitrogens with one attached hydrogen (secondary N) is 1. The van der Waals surface area contributed by atoms with Crippen LogP contribution in [0.5, 0.6) is 0 Å². The molecule has 0 saturated carbocycles. The van der Waals surface area contributed by atoms with Gasteiger partial charge in [0.25, 0.3) is 0 Å². The zero-order chi connectivity index (χ0) is 18.6. The Hall–Kier alpha value is -1.60. The van der Waals surface area contributed by atoms with E-state index in [-0.39, 0.29) is 12.0 Å². The molecule has 1 fully saturated rings. The molecule has 1 amide bonds. The highest BCUT2D eigenvalue weighted by Crippen LogP contribution is 2.25. The number of carbonyl (C=O) groups is 1. The van der Waals surface area contributed by atoms with Crippen molar-refractivity contribution < 1.29 is 17.9 Å². The molecule has 0 aromatic heterocycles. The van der Waals surface area contributed by atoms with Crippen molar-refractivity contribution in [2.24, 2.45) is 0 Å². The van der Waals surface area contributed by atoms with E-state index >= 15 is 0 Å². The lowest BCUT2D eigenvalue weighted by atomic mass is 10.1. The molecule has 2 rings (SSSR count).